The van der Waals surface area contributed by atoms with Crippen LogP contribution >= 0.6 is 0 Å². The number of hydrogen-bond donors (Lipinski definition) is 1. The third kappa shape index (κ3) is 3.87. The Morgan fingerprint density at radius 1 is 1.33 bits per heavy atom. The maximum atomic E-state index is 12.4. The molecule has 8 heteroatoms. The van der Waals surface area contributed by atoms with Gasteiger partial charge in [0, 0.05) is 32.1 Å². The van der Waals surface area contributed by atoms with Gasteiger partial charge in [-0.3, -0.25) is 9.59 Å². The second-order valence-corrected chi connectivity index (χ2v) is 5.71. The van der Waals surface area contributed by atoms with Gasteiger partial charge in [-0.2, -0.15) is 13.2 Å². The molecule has 0 aromatic rings. The topological polar surface area (TPSA) is 66.6 Å². The molecule has 0 saturated carbocycles. The Kier molecular flexibility index (Phi) is 4.75. The molecule has 0 bridgehead atoms. The summed E-state index contributed by atoms with van der Waals surface area (Å²) in [5.41, 5.74) is 5.65. The maximum absolute atomic E-state index is 12.4. The highest BCUT2D eigenvalue weighted by Gasteiger charge is 2.42. The van der Waals surface area contributed by atoms with Crippen molar-refractivity contribution in [1.29, 1.82) is 0 Å². The summed E-state index contributed by atoms with van der Waals surface area (Å²) in [5.74, 6) is -1.51. The summed E-state index contributed by atoms with van der Waals surface area (Å²) in [6.45, 7) is -0.510. The van der Waals surface area contributed by atoms with Gasteiger partial charge in [0.15, 0.2) is 0 Å². The molecule has 0 aromatic heterocycles. The summed E-state index contributed by atoms with van der Waals surface area (Å²) in [4.78, 5) is 26.4. The zero-order chi connectivity index (χ0) is 15.6. The Labute approximate surface area is 121 Å². The van der Waals surface area contributed by atoms with E-state index in [9.17, 15) is 22.8 Å². The van der Waals surface area contributed by atoms with Crippen LogP contribution in [-0.4, -0.2) is 60.0 Å². The molecule has 0 spiro atoms. The number of rotatable bonds is 3. The molecule has 2 amide bonds. The van der Waals surface area contributed by atoms with Crippen molar-refractivity contribution in [3.63, 3.8) is 0 Å². The highest BCUT2D eigenvalue weighted by atomic mass is 19.4. The Morgan fingerprint density at radius 3 is 2.67 bits per heavy atom. The van der Waals surface area contributed by atoms with Crippen LogP contribution < -0.4 is 5.73 Å². The number of nitrogens with zero attached hydrogens (tertiary/aromatic N) is 2. The van der Waals surface area contributed by atoms with Crippen LogP contribution in [0, 0.1) is 5.92 Å². The summed E-state index contributed by atoms with van der Waals surface area (Å²) < 4.78 is 37.1. The SMILES string of the molecule is NC[C@@H]1CCCCN1C(=O)[C@@H]1CC(=O)N(CC(F)(F)F)C1. The van der Waals surface area contributed by atoms with Crippen LogP contribution in [0.4, 0.5) is 13.2 Å². The van der Waals surface area contributed by atoms with Gasteiger partial charge in [0.05, 0.1) is 5.92 Å². The van der Waals surface area contributed by atoms with Crippen LogP contribution in [0.5, 0.6) is 0 Å². The van der Waals surface area contributed by atoms with Crippen molar-refractivity contribution in [2.45, 2.75) is 37.9 Å². The third-order valence-electron chi connectivity index (χ3n) is 4.12. The Bertz CT molecular complexity index is 414. The number of hydrogen-bond acceptors (Lipinski definition) is 3. The fourth-order valence-corrected chi connectivity index (χ4v) is 3.08. The summed E-state index contributed by atoms with van der Waals surface area (Å²) in [7, 11) is 0. The lowest BCUT2D eigenvalue weighted by molar-refractivity contribution is -0.157. The van der Waals surface area contributed by atoms with Gasteiger partial charge >= 0.3 is 6.18 Å². The summed E-state index contributed by atoms with van der Waals surface area (Å²) in [5, 5.41) is 0. The number of likely N-dealkylation sites (tertiary alicyclic amines) is 2. The fourth-order valence-electron chi connectivity index (χ4n) is 3.08. The van der Waals surface area contributed by atoms with Crippen LogP contribution in [-0.2, 0) is 9.59 Å². The molecule has 0 unspecified atom stereocenters. The van der Waals surface area contributed by atoms with E-state index in [1.165, 1.54) is 0 Å². The molecule has 0 radical (unpaired) electrons. The second kappa shape index (κ2) is 6.21. The predicted molar refractivity (Wildman–Crippen MR) is 69.1 cm³/mol. The number of carbonyl (C=O) groups is 2. The number of nitrogens with two attached hydrogens (primary N) is 1. The van der Waals surface area contributed by atoms with Crippen molar-refractivity contribution in [2.24, 2.45) is 11.7 Å². The number of piperidine rings is 1. The van der Waals surface area contributed by atoms with Gasteiger partial charge in [0.25, 0.3) is 0 Å². The number of amides is 2. The summed E-state index contributed by atoms with van der Waals surface area (Å²) >= 11 is 0. The van der Waals surface area contributed by atoms with Crippen LogP contribution in [0.2, 0.25) is 0 Å². The molecule has 2 atom stereocenters. The largest absolute Gasteiger partial charge is 0.406 e. The molecule has 2 aliphatic heterocycles. The summed E-state index contributed by atoms with van der Waals surface area (Å²) in [6.07, 6.45) is -1.89. The van der Waals surface area contributed by atoms with Crippen molar-refractivity contribution in [3.8, 4) is 0 Å². The van der Waals surface area contributed by atoms with Gasteiger partial charge in [-0.05, 0) is 19.3 Å². The van der Waals surface area contributed by atoms with Gasteiger partial charge in [0.1, 0.15) is 6.54 Å². The van der Waals surface area contributed by atoms with Crippen LogP contribution in [0.3, 0.4) is 0 Å². The van der Waals surface area contributed by atoms with Gasteiger partial charge in [0.2, 0.25) is 11.8 Å². The van der Waals surface area contributed by atoms with E-state index in [0.29, 0.717) is 13.1 Å². The lowest BCUT2D eigenvalue weighted by Gasteiger charge is -2.36. The normalized spacial score (nSPS) is 27.3. The first-order valence-corrected chi connectivity index (χ1v) is 7.17. The maximum Gasteiger partial charge on any atom is 0.406 e. The first-order chi connectivity index (χ1) is 9.81. The highest BCUT2D eigenvalue weighted by Crippen LogP contribution is 2.27. The highest BCUT2D eigenvalue weighted by molar-refractivity contribution is 5.89. The average molecular weight is 307 g/mol. The molecule has 5 nitrogen and oxygen atoms in total. The van der Waals surface area contributed by atoms with Crippen LogP contribution in [0.25, 0.3) is 0 Å². The van der Waals surface area contributed by atoms with Gasteiger partial charge in [-0.1, -0.05) is 0 Å². The minimum absolute atomic E-state index is 0.0574. The molecule has 0 aromatic carbocycles. The lowest BCUT2D eigenvalue weighted by Crippen LogP contribution is -2.50. The van der Waals surface area contributed by atoms with Gasteiger partial charge < -0.3 is 15.5 Å². The lowest BCUT2D eigenvalue weighted by atomic mass is 9.98. The zero-order valence-electron chi connectivity index (χ0n) is 11.7. The second-order valence-electron chi connectivity index (χ2n) is 5.71. The van der Waals surface area contributed by atoms with E-state index < -0.39 is 24.5 Å². The summed E-state index contributed by atoms with van der Waals surface area (Å²) in [6, 6.07) is -0.0574. The van der Waals surface area contributed by atoms with Crippen LogP contribution in [0.15, 0.2) is 0 Å². The van der Waals surface area contributed by atoms with E-state index >= 15 is 0 Å². The minimum Gasteiger partial charge on any atom is -0.338 e. The quantitative estimate of drug-likeness (QED) is 0.836. The molecule has 2 heterocycles. The van der Waals surface area contributed by atoms with E-state index in [1.54, 1.807) is 4.90 Å². The third-order valence-corrected chi connectivity index (χ3v) is 4.12. The van der Waals surface area contributed by atoms with E-state index in [1.807, 2.05) is 0 Å². The molecule has 2 aliphatic rings. The number of halogens is 3. The van der Waals surface area contributed by atoms with Crippen molar-refractivity contribution in [3.05, 3.63) is 0 Å². The minimum atomic E-state index is -4.43. The Morgan fingerprint density at radius 2 is 2.05 bits per heavy atom. The van der Waals surface area contributed by atoms with E-state index in [0.717, 1.165) is 24.2 Å². The van der Waals surface area contributed by atoms with Crippen molar-refractivity contribution in [1.82, 2.24) is 9.80 Å². The number of alkyl halides is 3. The van der Waals surface area contributed by atoms with Crippen molar-refractivity contribution < 1.29 is 22.8 Å². The fraction of sp³-hybridized carbons (Fsp3) is 0.846. The molecule has 120 valence electrons. The average Bonchev–Trinajstić information content (AvgIpc) is 2.77. The number of carbonyl (C=O) groups excluding carboxylic acids is 2. The monoisotopic (exact) mass is 307 g/mol. The Hall–Kier alpha value is -1.31. The molecular weight excluding hydrogens is 287 g/mol. The smallest absolute Gasteiger partial charge is 0.338 e. The molecule has 2 N–H and O–H groups in total. The van der Waals surface area contributed by atoms with Gasteiger partial charge in [-0.15, -0.1) is 0 Å². The van der Waals surface area contributed by atoms with Gasteiger partial charge in [-0.25, -0.2) is 0 Å². The Balaban J connectivity index is 1.99. The first kappa shape index (κ1) is 16.1. The van der Waals surface area contributed by atoms with Crippen molar-refractivity contribution in [2.75, 3.05) is 26.2 Å². The predicted octanol–water partition coefficient (Wildman–Crippen LogP) is 0.737. The van der Waals surface area contributed by atoms with Crippen LogP contribution in [0.1, 0.15) is 25.7 Å². The van der Waals surface area contributed by atoms with E-state index in [4.69, 9.17) is 5.73 Å². The van der Waals surface area contributed by atoms with E-state index in [-0.39, 0.29) is 24.9 Å². The standard InChI is InChI=1S/C13H20F3N3O2/c14-13(15,16)8-18-7-9(5-11(18)20)12(21)19-4-2-1-3-10(19)6-17/h9-10H,1-8,17H2/t9-,10+/m1/s1. The molecular formula is C13H20F3N3O2. The molecule has 2 saturated heterocycles. The first-order valence-electron chi connectivity index (χ1n) is 7.17. The zero-order valence-corrected chi connectivity index (χ0v) is 11.7. The molecule has 2 fully saturated rings. The molecule has 21 heavy (non-hydrogen) atoms. The molecule has 2 rings (SSSR count). The van der Waals surface area contributed by atoms with E-state index in [2.05, 4.69) is 0 Å². The van der Waals surface area contributed by atoms with Crippen molar-refractivity contribution >= 4 is 11.8 Å². The molecule has 0 aliphatic carbocycles.